The fourth-order valence-corrected chi connectivity index (χ4v) is 3.15. The number of nitrogens with one attached hydrogen (secondary N) is 1. The molecular weight excluding hydrogens is 366 g/mol. The summed E-state index contributed by atoms with van der Waals surface area (Å²) in [6.07, 6.45) is -0.486. The summed E-state index contributed by atoms with van der Waals surface area (Å²) >= 11 is 6.90. The molecule has 6 heteroatoms. The fourth-order valence-electron chi connectivity index (χ4n) is 1.54. The minimum Gasteiger partial charge on any atom is -0.494 e. The molecule has 0 saturated heterocycles. The third-order valence-electron chi connectivity index (χ3n) is 2.33. The van der Waals surface area contributed by atoms with Gasteiger partial charge in [0.1, 0.15) is 5.75 Å². The van der Waals surface area contributed by atoms with Crippen molar-refractivity contribution in [2.45, 2.75) is 12.6 Å². The average molecular weight is 383 g/mol. The summed E-state index contributed by atoms with van der Waals surface area (Å²) < 4.78 is 11.9. The largest absolute Gasteiger partial charge is 0.494 e. The highest BCUT2D eigenvalue weighted by molar-refractivity contribution is 9.11. The van der Waals surface area contributed by atoms with Gasteiger partial charge in [0.05, 0.1) is 28.8 Å². The lowest BCUT2D eigenvalue weighted by molar-refractivity contribution is 0.0644. The first kappa shape index (κ1) is 15.9. The molecule has 18 heavy (non-hydrogen) atoms. The van der Waals surface area contributed by atoms with Crippen molar-refractivity contribution >= 4 is 31.9 Å². The number of aliphatic hydroxyl groups is 1. The van der Waals surface area contributed by atoms with Gasteiger partial charge in [-0.1, -0.05) is 0 Å². The first-order valence-electron chi connectivity index (χ1n) is 5.48. The van der Waals surface area contributed by atoms with E-state index < -0.39 is 6.10 Å². The molecule has 1 rings (SSSR count). The van der Waals surface area contributed by atoms with Crippen molar-refractivity contribution in [3.8, 4) is 5.75 Å². The van der Waals surface area contributed by atoms with Crippen LogP contribution in [0.4, 0.5) is 0 Å². The molecule has 0 heterocycles. The van der Waals surface area contributed by atoms with Gasteiger partial charge in [-0.05, 0) is 49.6 Å². The van der Waals surface area contributed by atoms with Crippen LogP contribution in [0, 0.1) is 0 Å². The minimum absolute atomic E-state index is 0.336. The minimum atomic E-state index is -0.486. The molecule has 1 aromatic carbocycles. The first-order valence-corrected chi connectivity index (χ1v) is 7.06. The molecule has 1 aromatic rings. The van der Waals surface area contributed by atoms with Gasteiger partial charge in [-0.15, -0.1) is 0 Å². The van der Waals surface area contributed by atoms with Crippen molar-refractivity contribution in [1.29, 1.82) is 0 Å². The lowest BCUT2D eigenvalue weighted by Gasteiger charge is -2.12. The molecule has 0 spiro atoms. The monoisotopic (exact) mass is 381 g/mol. The van der Waals surface area contributed by atoms with Gasteiger partial charge < -0.3 is 19.9 Å². The number of hydrogen-bond donors (Lipinski definition) is 2. The second-order valence-corrected chi connectivity index (χ2v) is 5.54. The Bertz CT molecular complexity index is 365. The standard InChI is InChI=1S/C12H17Br2NO3/c1-17-7-9(16)6-15-5-8-3-10(13)12(18-2)11(14)4-8/h3-4,9,15-16H,5-7H2,1-2H3. The molecule has 0 aliphatic rings. The quantitative estimate of drug-likeness (QED) is 0.759. The summed E-state index contributed by atoms with van der Waals surface area (Å²) in [7, 11) is 3.20. The SMILES string of the molecule is COCC(O)CNCc1cc(Br)c(OC)c(Br)c1. The number of halogens is 2. The number of hydrogen-bond acceptors (Lipinski definition) is 4. The van der Waals surface area contributed by atoms with Crippen molar-refractivity contribution in [3.05, 3.63) is 26.6 Å². The Hall–Kier alpha value is -0.140. The number of rotatable bonds is 7. The Balaban J connectivity index is 2.53. The molecular formula is C12H17Br2NO3. The van der Waals surface area contributed by atoms with Gasteiger partial charge in [0.15, 0.2) is 0 Å². The Morgan fingerprint density at radius 2 is 1.89 bits per heavy atom. The smallest absolute Gasteiger partial charge is 0.147 e. The van der Waals surface area contributed by atoms with Crippen molar-refractivity contribution in [1.82, 2.24) is 5.32 Å². The Labute approximate surface area is 124 Å². The normalized spacial score (nSPS) is 12.5. The summed E-state index contributed by atoms with van der Waals surface area (Å²) in [5, 5.41) is 12.7. The van der Waals surface area contributed by atoms with Crippen LogP contribution in [0.2, 0.25) is 0 Å². The maximum atomic E-state index is 9.49. The summed E-state index contributed by atoms with van der Waals surface area (Å²) in [6.45, 7) is 1.50. The number of benzene rings is 1. The summed E-state index contributed by atoms with van der Waals surface area (Å²) in [5.41, 5.74) is 1.10. The van der Waals surface area contributed by atoms with Gasteiger partial charge in [0.25, 0.3) is 0 Å². The topological polar surface area (TPSA) is 50.7 Å². The Kier molecular flexibility index (Phi) is 7.18. The van der Waals surface area contributed by atoms with E-state index in [9.17, 15) is 5.11 Å². The third kappa shape index (κ3) is 4.85. The van der Waals surface area contributed by atoms with Gasteiger partial charge >= 0.3 is 0 Å². The van der Waals surface area contributed by atoms with E-state index in [0.29, 0.717) is 19.7 Å². The Morgan fingerprint density at radius 3 is 2.39 bits per heavy atom. The van der Waals surface area contributed by atoms with E-state index in [1.165, 1.54) is 0 Å². The highest BCUT2D eigenvalue weighted by atomic mass is 79.9. The highest BCUT2D eigenvalue weighted by Gasteiger charge is 2.08. The maximum absolute atomic E-state index is 9.49. The van der Waals surface area contributed by atoms with Gasteiger partial charge in [-0.25, -0.2) is 0 Å². The molecule has 0 fully saturated rings. The predicted molar refractivity (Wildman–Crippen MR) is 78.0 cm³/mol. The molecule has 0 radical (unpaired) electrons. The number of ether oxygens (including phenoxy) is 2. The molecule has 1 atom stereocenters. The van der Waals surface area contributed by atoms with Crippen LogP contribution in [0.1, 0.15) is 5.56 Å². The highest BCUT2D eigenvalue weighted by Crippen LogP contribution is 2.34. The van der Waals surface area contributed by atoms with Gasteiger partial charge in [-0.3, -0.25) is 0 Å². The van der Waals surface area contributed by atoms with Crippen molar-refractivity contribution in [2.24, 2.45) is 0 Å². The van der Waals surface area contributed by atoms with E-state index in [1.807, 2.05) is 12.1 Å². The molecule has 0 saturated carbocycles. The third-order valence-corrected chi connectivity index (χ3v) is 3.51. The summed E-state index contributed by atoms with van der Waals surface area (Å²) in [5.74, 6) is 0.776. The molecule has 4 nitrogen and oxygen atoms in total. The first-order chi connectivity index (χ1) is 8.58. The molecule has 1 unspecified atom stereocenters. The van der Waals surface area contributed by atoms with Crippen LogP contribution in [0.25, 0.3) is 0 Å². The molecule has 0 aliphatic carbocycles. The zero-order chi connectivity index (χ0) is 13.5. The second kappa shape index (κ2) is 8.12. The van der Waals surface area contributed by atoms with Crippen LogP contribution in [-0.2, 0) is 11.3 Å². The van der Waals surface area contributed by atoms with Crippen LogP contribution >= 0.6 is 31.9 Å². The van der Waals surface area contributed by atoms with E-state index in [-0.39, 0.29) is 0 Å². The second-order valence-electron chi connectivity index (χ2n) is 3.83. The fraction of sp³-hybridized carbons (Fsp3) is 0.500. The molecule has 0 amide bonds. The van der Waals surface area contributed by atoms with E-state index >= 15 is 0 Å². The van der Waals surface area contributed by atoms with Crippen molar-refractivity contribution < 1.29 is 14.6 Å². The van der Waals surface area contributed by atoms with Crippen molar-refractivity contribution in [2.75, 3.05) is 27.4 Å². The molecule has 102 valence electrons. The summed E-state index contributed by atoms with van der Waals surface area (Å²) in [4.78, 5) is 0. The molecule has 0 aliphatic heterocycles. The van der Waals surface area contributed by atoms with E-state index in [0.717, 1.165) is 20.3 Å². The van der Waals surface area contributed by atoms with E-state index in [2.05, 4.69) is 37.2 Å². The molecule has 0 aromatic heterocycles. The predicted octanol–water partition coefficient (Wildman–Crippen LogP) is 2.32. The lowest BCUT2D eigenvalue weighted by atomic mass is 10.2. The maximum Gasteiger partial charge on any atom is 0.147 e. The van der Waals surface area contributed by atoms with Crippen LogP contribution in [-0.4, -0.2) is 38.6 Å². The molecule has 2 N–H and O–H groups in total. The Morgan fingerprint density at radius 1 is 1.28 bits per heavy atom. The van der Waals surface area contributed by atoms with Crippen LogP contribution in [0.3, 0.4) is 0 Å². The van der Waals surface area contributed by atoms with E-state index in [4.69, 9.17) is 9.47 Å². The van der Waals surface area contributed by atoms with Crippen LogP contribution in [0.5, 0.6) is 5.75 Å². The average Bonchev–Trinajstić information content (AvgIpc) is 2.29. The number of methoxy groups -OCH3 is 2. The van der Waals surface area contributed by atoms with Crippen LogP contribution in [0.15, 0.2) is 21.1 Å². The van der Waals surface area contributed by atoms with Gasteiger partial charge in [0, 0.05) is 20.2 Å². The van der Waals surface area contributed by atoms with Crippen molar-refractivity contribution in [3.63, 3.8) is 0 Å². The van der Waals surface area contributed by atoms with Crippen LogP contribution < -0.4 is 10.1 Å². The lowest BCUT2D eigenvalue weighted by Crippen LogP contribution is -2.29. The van der Waals surface area contributed by atoms with Gasteiger partial charge in [-0.2, -0.15) is 0 Å². The zero-order valence-corrected chi connectivity index (χ0v) is 13.5. The number of aliphatic hydroxyl groups excluding tert-OH is 1. The zero-order valence-electron chi connectivity index (χ0n) is 10.4. The molecule has 0 bridgehead atoms. The van der Waals surface area contributed by atoms with E-state index in [1.54, 1.807) is 14.2 Å². The van der Waals surface area contributed by atoms with Gasteiger partial charge in [0.2, 0.25) is 0 Å². The summed E-state index contributed by atoms with van der Waals surface area (Å²) in [6, 6.07) is 3.97.